The van der Waals surface area contributed by atoms with E-state index in [0.717, 1.165) is 0 Å². The first-order valence-corrected chi connectivity index (χ1v) is 3.63. The number of hydrogen-bond acceptors (Lipinski definition) is 2. The largest absolute Gasteiger partial charge is 0.348 e. The van der Waals surface area contributed by atoms with Gasteiger partial charge in [0, 0.05) is 19.0 Å². The van der Waals surface area contributed by atoms with Gasteiger partial charge in [0.1, 0.15) is 5.82 Å². The van der Waals surface area contributed by atoms with Crippen LogP contribution in [0.4, 0.5) is 5.82 Å². The smallest absolute Gasteiger partial charge is 0.226 e. The second-order valence-electron chi connectivity index (χ2n) is 2.29. The molecule has 0 fully saturated rings. The van der Waals surface area contributed by atoms with Gasteiger partial charge in [0.25, 0.3) is 0 Å². The quantitative estimate of drug-likeness (QED) is 0.704. The molecule has 1 aromatic rings. The predicted octanol–water partition coefficient (Wildman–Crippen LogP) is 1.26. The lowest BCUT2D eigenvalue weighted by atomic mass is 10.3. The molecule has 1 heterocycles. The summed E-state index contributed by atoms with van der Waals surface area (Å²) < 4.78 is 0. The molecule has 0 radical (unpaired) electrons. The van der Waals surface area contributed by atoms with Crippen molar-refractivity contribution in [1.29, 1.82) is 5.26 Å². The van der Waals surface area contributed by atoms with E-state index in [9.17, 15) is 4.79 Å². The van der Waals surface area contributed by atoms with Crippen molar-refractivity contribution in [2.75, 3.05) is 5.32 Å². The van der Waals surface area contributed by atoms with Crippen molar-refractivity contribution >= 4 is 11.7 Å². The van der Waals surface area contributed by atoms with Crippen molar-refractivity contribution < 1.29 is 4.79 Å². The Morgan fingerprint density at radius 1 is 1.75 bits per heavy atom. The van der Waals surface area contributed by atoms with E-state index in [1.165, 1.54) is 0 Å². The van der Waals surface area contributed by atoms with Crippen molar-refractivity contribution in [1.82, 2.24) is 4.98 Å². The SMILES string of the molecule is N#CCCC(=O)Nc1ccc[nH]1. The van der Waals surface area contributed by atoms with Crippen molar-refractivity contribution in [3.8, 4) is 6.07 Å². The fourth-order valence-electron chi connectivity index (χ4n) is 0.790. The van der Waals surface area contributed by atoms with Gasteiger partial charge in [0.2, 0.25) is 5.91 Å². The molecule has 0 atom stereocenters. The molecule has 0 saturated carbocycles. The van der Waals surface area contributed by atoms with Gasteiger partial charge < -0.3 is 10.3 Å². The summed E-state index contributed by atoms with van der Waals surface area (Å²) in [7, 11) is 0. The molecule has 0 bridgehead atoms. The second-order valence-corrected chi connectivity index (χ2v) is 2.29. The Kier molecular flexibility index (Phi) is 2.91. The van der Waals surface area contributed by atoms with Crippen molar-refractivity contribution in [2.24, 2.45) is 0 Å². The summed E-state index contributed by atoms with van der Waals surface area (Å²) in [6.45, 7) is 0. The second kappa shape index (κ2) is 4.19. The lowest BCUT2D eigenvalue weighted by molar-refractivity contribution is -0.116. The first-order chi connectivity index (χ1) is 5.83. The van der Waals surface area contributed by atoms with Crippen LogP contribution in [-0.2, 0) is 4.79 Å². The number of aromatic nitrogens is 1. The van der Waals surface area contributed by atoms with Gasteiger partial charge >= 0.3 is 0 Å². The van der Waals surface area contributed by atoms with Gasteiger partial charge in [-0.15, -0.1) is 0 Å². The van der Waals surface area contributed by atoms with Crippen LogP contribution in [0.15, 0.2) is 18.3 Å². The van der Waals surface area contributed by atoms with Crippen LogP contribution in [0.3, 0.4) is 0 Å². The summed E-state index contributed by atoms with van der Waals surface area (Å²) in [5.41, 5.74) is 0. The van der Waals surface area contributed by atoms with E-state index < -0.39 is 0 Å². The topological polar surface area (TPSA) is 68.7 Å². The minimum Gasteiger partial charge on any atom is -0.348 e. The van der Waals surface area contributed by atoms with Crippen molar-refractivity contribution in [3.05, 3.63) is 18.3 Å². The highest BCUT2D eigenvalue weighted by Crippen LogP contribution is 2.01. The highest BCUT2D eigenvalue weighted by atomic mass is 16.1. The molecule has 4 heteroatoms. The standard InChI is InChI=1S/C8H9N3O/c9-5-1-4-8(12)11-7-3-2-6-10-7/h2-3,6,10H,1,4H2,(H,11,12). The van der Waals surface area contributed by atoms with Gasteiger partial charge in [0.05, 0.1) is 6.07 Å². The maximum absolute atomic E-state index is 11.0. The molecule has 12 heavy (non-hydrogen) atoms. The summed E-state index contributed by atoms with van der Waals surface area (Å²) in [6.07, 6.45) is 2.22. The predicted molar refractivity (Wildman–Crippen MR) is 44.3 cm³/mol. The number of amides is 1. The van der Waals surface area contributed by atoms with Gasteiger partial charge in [-0.3, -0.25) is 4.79 Å². The first-order valence-electron chi connectivity index (χ1n) is 3.63. The minimum atomic E-state index is -0.140. The average molecular weight is 163 g/mol. The van der Waals surface area contributed by atoms with Crippen LogP contribution in [0.5, 0.6) is 0 Å². The number of aromatic amines is 1. The Morgan fingerprint density at radius 2 is 2.58 bits per heavy atom. The first kappa shape index (κ1) is 8.34. The molecule has 0 spiro atoms. The Morgan fingerprint density at radius 3 is 3.17 bits per heavy atom. The van der Waals surface area contributed by atoms with E-state index in [4.69, 9.17) is 5.26 Å². The van der Waals surface area contributed by atoms with E-state index in [1.807, 2.05) is 6.07 Å². The molecule has 0 aliphatic carbocycles. The number of H-pyrrole nitrogens is 1. The van der Waals surface area contributed by atoms with E-state index in [0.29, 0.717) is 5.82 Å². The van der Waals surface area contributed by atoms with E-state index in [1.54, 1.807) is 18.3 Å². The normalized spacial score (nSPS) is 8.92. The summed E-state index contributed by atoms with van der Waals surface area (Å²) in [6, 6.07) is 5.45. The molecular formula is C8H9N3O. The van der Waals surface area contributed by atoms with Crippen LogP contribution >= 0.6 is 0 Å². The molecule has 1 aromatic heterocycles. The number of nitrogens with zero attached hydrogens (tertiary/aromatic N) is 1. The highest BCUT2D eigenvalue weighted by molar-refractivity contribution is 5.89. The van der Waals surface area contributed by atoms with Crippen molar-refractivity contribution in [2.45, 2.75) is 12.8 Å². The van der Waals surface area contributed by atoms with E-state index in [2.05, 4.69) is 10.3 Å². The Balaban J connectivity index is 2.33. The summed E-state index contributed by atoms with van der Waals surface area (Å²) in [5.74, 6) is 0.525. The van der Waals surface area contributed by atoms with Gasteiger partial charge in [-0.25, -0.2) is 0 Å². The maximum atomic E-state index is 11.0. The molecule has 62 valence electrons. The monoisotopic (exact) mass is 163 g/mol. The van der Waals surface area contributed by atoms with Crippen LogP contribution in [0.2, 0.25) is 0 Å². The number of rotatable bonds is 3. The highest BCUT2D eigenvalue weighted by Gasteiger charge is 2.00. The molecule has 2 N–H and O–H groups in total. The van der Waals surface area contributed by atoms with Gasteiger partial charge in [-0.05, 0) is 12.1 Å². The number of hydrogen-bond donors (Lipinski definition) is 2. The Hall–Kier alpha value is -1.76. The zero-order chi connectivity index (χ0) is 8.81. The van der Waals surface area contributed by atoms with E-state index >= 15 is 0 Å². The van der Waals surface area contributed by atoms with Gasteiger partial charge in [-0.1, -0.05) is 0 Å². The molecule has 0 unspecified atom stereocenters. The fourth-order valence-corrected chi connectivity index (χ4v) is 0.790. The molecule has 0 aromatic carbocycles. The lowest BCUT2D eigenvalue weighted by Crippen LogP contribution is -2.10. The fraction of sp³-hybridized carbons (Fsp3) is 0.250. The zero-order valence-corrected chi connectivity index (χ0v) is 6.50. The molecule has 0 aliphatic rings. The lowest BCUT2D eigenvalue weighted by Gasteiger charge is -1.98. The molecule has 4 nitrogen and oxygen atoms in total. The zero-order valence-electron chi connectivity index (χ0n) is 6.50. The minimum absolute atomic E-state index is 0.140. The van der Waals surface area contributed by atoms with Crippen LogP contribution < -0.4 is 5.32 Å². The van der Waals surface area contributed by atoms with Crippen LogP contribution in [0.1, 0.15) is 12.8 Å². The van der Waals surface area contributed by atoms with Crippen molar-refractivity contribution in [3.63, 3.8) is 0 Å². The number of carbonyl (C=O) groups excluding carboxylic acids is 1. The van der Waals surface area contributed by atoms with Crippen LogP contribution in [-0.4, -0.2) is 10.9 Å². The Labute approximate surface area is 70.2 Å². The van der Waals surface area contributed by atoms with Crippen LogP contribution in [0.25, 0.3) is 0 Å². The third kappa shape index (κ3) is 2.46. The average Bonchev–Trinajstić information content (AvgIpc) is 2.53. The summed E-state index contributed by atoms with van der Waals surface area (Å²) in [5, 5.41) is 10.8. The third-order valence-electron chi connectivity index (χ3n) is 1.34. The molecule has 1 rings (SSSR count). The van der Waals surface area contributed by atoms with Gasteiger partial charge in [-0.2, -0.15) is 5.26 Å². The number of anilines is 1. The third-order valence-corrected chi connectivity index (χ3v) is 1.34. The molecule has 0 saturated heterocycles. The number of nitriles is 1. The molecule has 0 aliphatic heterocycles. The Bertz CT molecular complexity index is 284. The molecule has 1 amide bonds. The van der Waals surface area contributed by atoms with E-state index in [-0.39, 0.29) is 18.7 Å². The molecular weight excluding hydrogens is 154 g/mol. The number of nitrogens with one attached hydrogen (secondary N) is 2. The van der Waals surface area contributed by atoms with Gasteiger partial charge in [0.15, 0.2) is 0 Å². The summed E-state index contributed by atoms with van der Waals surface area (Å²) in [4.78, 5) is 13.8. The summed E-state index contributed by atoms with van der Waals surface area (Å²) >= 11 is 0. The number of carbonyl (C=O) groups is 1. The van der Waals surface area contributed by atoms with Crippen LogP contribution in [0, 0.1) is 11.3 Å². The maximum Gasteiger partial charge on any atom is 0.226 e.